The Morgan fingerprint density at radius 3 is 2.96 bits per heavy atom. The summed E-state index contributed by atoms with van der Waals surface area (Å²) in [5, 5.41) is 3.63. The lowest BCUT2D eigenvalue weighted by atomic mass is 9.99. The summed E-state index contributed by atoms with van der Waals surface area (Å²) in [4.78, 5) is 16.1. The zero-order chi connectivity index (χ0) is 16.0. The number of carbonyl (C=O) groups is 1. The zero-order valence-corrected chi connectivity index (χ0v) is 13.1. The molecular weight excluding hydrogens is 313 g/mol. The highest BCUT2D eigenvalue weighted by atomic mass is 32.2. The van der Waals surface area contributed by atoms with Crippen LogP contribution in [0.4, 0.5) is 4.39 Å². The van der Waals surface area contributed by atoms with E-state index >= 15 is 0 Å². The molecule has 1 unspecified atom stereocenters. The number of aromatic amines is 1. The summed E-state index contributed by atoms with van der Waals surface area (Å²) < 4.78 is 16.5. The Bertz CT molecular complexity index is 921. The van der Waals surface area contributed by atoms with Gasteiger partial charge in [0.25, 0.3) is 0 Å². The summed E-state index contributed by atoms with van der Waals surface area (Å²) in [6.07, 6.45) is 1.87. The monoisotopic (exact) mass is 327 g/mol. The molecule has 3 N–H and O–H groups in total. The minimum Gasteiger partial charge on any atom is -0.360 e. The molecule has 0 spiro atoms. The first kappa shape index (κ1) is 14.3. The topological polar surface area (TPSA) is 56.9 Å². The molecule has 116 valence electrons. The largest absolute Gasteiger partial charge is 0.360 e. The van der Waals surface area contributed by atoms with E-state index in [9.17, 15) is 9.18 Å². The van der Waals surface area contributed by atoms with Crippen molar-refractivity contribution < 1.29 is 9.18 Å². The van der Waals surface area contributed by atoms with Crippen molar-refractivity contribution in [1.29, 1.82) is 0 Å². The predicted octanol–water partition coefficient (Wildman–Crippen LogP) is 3.37. The standard InChI is InChI=1S/C17H14FN3OS/c1-19-17(22)16-12-6-9(2-5-15(12)23-21-16)13-8-20-14-7-10(18)3-4-11(13)14/h2-8,16,20-21H,1H3,(H,19,22). The predicted molar refractivity (Wildman–Crippen MR) is 89.5 cm³/mol. The van der Waals surface area contributed by atoms with E-state index in [4.69, 9.17) is 0 Å². The van der Waals surface area contributed by atoms with Crippen LogP contribution in [0, 0.1) is 5.82 Å². The van der Waals surface area contributed by atoms with Crippen LogP contribution < -0.4 is 10.0 Å². The van der Waals surface area contributed by atoms with Crippen LogP contribution in [0.15, 0.2) is 47.5 Å². The van der Waals surface area contributed by atoms with Crippen LogP contribution in [-0.4, -0.2) is 17.9 Å². The second kappa shape index (κ2) is 5.40. The first-order valence-electron chi connectivity index (χ1n) is 7.22. The fourth-order valence-electron chi connectivity index (χ4n) is 2.90. The second-order valence-corrected chi connectivity index (χ2v) is 6.29. The third-order valence-electron chi connectivity index (χ3n) is 4.07. The van der Waals surface area contributed by atoms with Crippen molar-refractivity contribution in [1.82, 2.24) is 15.0 Å². The lowest BCUT2D eigenvalue weighted by molar-refractivity contribution is -0.122. The van der Waals surface area contributed by atoms with Gasteiger partial charge < -0.3 is 10.3 Å². The average molecular weight is 327 g/mol. The molecule has 0 radical (unpaired) electrons. The van der Waals surface area contributed by atoms with Gasteiger partial charge in [-0.3, -0.25) is 4.79 Å². The summed E-state index contributed by atoms with van der Waals surface area (Å²) in [6.45, 7) is 0. The molecule has 1 aliphatic rings. The fraction of sp³-hybridized carbons (Fsp3) is 0.118. The Labute approximate surface area is 136 Å². The molecule has 0 bridgehead atoms. The first-order valence-corrected chi connectivity index (χ1v) is 8.04. The Hall–Kier alpha value is -2.31. The normalized spacial score (nSPS) is 16.5. The minimum atomic E-state index is -0.359. The number of fused-ring (bicyclic) bond motifs is 2. The molecule has 4 rings (SSSR count). The van der Waals surface area contributed by atoms with Gasteiger partial charge in [-0.05, 0) is 53.4 Å². The van der Waals surface area contributed by atoms with Gasteiger partial charge in [0, 0.05) is 34.6 Å². The highest BCUT2D eigenvalue weighted by molar-refractivity contribution is 7.97. The Morgan fingerprint density at radius 1 is 1.26 bits per heavy atom. The van der Waals surface area contributed by atoms with E-state index in [0.29, 0.717) is 0 Å². The SMILES string of the molecule is CNC(=O)C1NSc2ccc(-c3c[nH]c4cc(F)ccc34)cc21. The number of hydrogen-bond acceptors (Lipinski definition) is 3. The van der Waals surface area contributed by atoms with Gasteiger partial charge in [-0.2, -0.15) is 0 Å². The quantitative estimate of drug-likeness (QED) is 0.633. The van der Waals surface area contributed by atoms with Gasteiger partial charge in [-0.15, -0.1) is 0 Å². The maximum absolute atomic E-state index is 13.3. The van der Waals surface area contributed by atoms with Gasteiger partial charge in [0.15, 0.2) is 0 Å². The summed E-state index contributed by atoms with van der Waals surface area (Å²) in [6, 6.07) is 10.4. The van der Waals surface area contributed by atoms with Crippen molar-refractivity contribution in [3.63, 3.8) is 0 Å². The molecule has 1 amide bonds. The van der Waals surface area contributed by atoms with Crippen molar-refractivity contribution >= 4 is 28.8 Å². The second-order valence-electron chi connectivity index (χ2n) is 5.41. The minimum absolute atomic E-state index is 0.0607. The van der Waals surface area contributed by atoms with Crippen molar-refractivity contribution in [3.8, 4) is 11.1 Å². The van der Waals surface area contributed by atoms with E-state index in [1.807, 2.05) is 24.4 Å². The molecule has 0 saturated carbocycles. The number of aromatic nitrogens is 1. The molecule has 1 atom stereocenters. The Balaban J connectivity index is 1.82. The molecule has 3 aromatic rings. The summed E-state index contributed by atoms with van der Waals surface area (Å²) >= 11 is 1.46. The number of hydrogen-bond donors (Lipinski definition) is 3. The number of nitrogens with one attached hydrogen (secondary N) is 3. The van der Waals surface area contributed by atoms with E-state index in [0.717, 1.165) is 32.5 Å². The van der Waals surface area contributed by atoms with Gasteiger partial charge in [-0.25, -0.2) is 9.11 Å². The van der Waals surface area contributed by atoms with E-state index in [2.05, 4.69) is 15.0 Å². The average Bonchev–Trinajstić information content (AvgIpc) is 3.16. The van der Waals surface area contributed by atoms with Crippen LogP contribution in [-0.2, 0) is 4.79 Å². The van der Waals surface area contributed by atoms with Crippen LogP contribution in [0.25, 0.3) is 22.0 Å². The third-order valence-corrected chi connectivity index (χ3v) is 5.02. The maximum atomic E-state index is 13.3. The van der Waals surface area contributed by atoms with Crippen LogP contribution >= 0.6 is 11.9 Å². The van der Waals surface area contributed by atoms with Crippen LogP contribution in [0.1, 0.15) is 11.6 Å². The molecular formula is C17H14FN3OS. The number of carbonyl (C=O) groups excluding carboxylic acids is 1. The van der Waals surface area contributed by atoms with E-state index in [-0.39, 0.29) is 17.8 Å². The summed E-state index contributed by atoms with van der Waals surface area (Å²) in [5.74, 6) is -0.325. The van der Waals surface area contributed by atoms with Gasteiger partial charge in [0.1, 0.15) is 11.9 Å². The van der Waals surface area contributed by atoms with E-state index in [1.165, 1.54) is 24.1 Å². The third kappa shape index (κ3) is 2.31. The number of rotatable bonds is 2. The lowest BCUT2D eigenvalue weighted by Crippen LogP contribution is -2.30. The molecule has 4 nitrogen and oxygen atoms in total. The number of likely N-dealkylation sites (N-methyl/N-ethyl adjacent to an activating group) is 1. The molecule has 23 heavy (non-hydrogen) atoms. The van der Waals surface area contributed by atoms with E-state index < -0.39 is 0 Å². The molecule has 1 aliphatic heterocycles. The molecule has 0 fully saturated rings. The van der Waals surface area contributed by atoms with Gasteiger partial charge in [0.05, 0.1) is 0 Å². The van der Waals surface area contributed by atoms with Gasteiger partial charge in [0.2, 0.25) is 5.91 Å². The maximum Gasteiger partial charge on any atom is 0.242 e. The number of benzene rings is 2. The van der Waals surface area contributed by atoms with Gasteiger partial charge in [-0.1, -0.05) is 6.07 Å². The number of halogens is 1. The molecule has 2 aromatic carbocycles. The van der Waals surface area contributed by atoms with Crippen LogP contribution in [0.3, 0.4) is 0 Å². The molecule has 2 heterocycles. The number of H-pyrrole nitrogens is 1. The molecule has 6 heteroatoms. The van der Waals surface area contributed by atoms with Crippen molar-refractivity contribution in [2.24, 2.45) is 0 Å². The van der Waals surface area contributed by atoms with Crippen LogP contribution in [0.2, 0.25) is 0 Å². The van der Waals surface area contributed by atoms with Crippen molar-refractivity contribution in [2.45, 2.75) is 10.9 Å². The summed E-state index contributed by atoms with van der Waals surface area (Å²) in [7, 11) is 1.63. The molecule has 1 aromatic heterocycles. The van der Waals surface area contributed by atoms with Crippen molar-refractivity contribution in [3.05, 3.63) is 54.0 Å². The zero-order valence-electron chi connectivity index (χ0n) is 12.3. The molecule has 0 aliphatic carbocycles. The van der Waals surface area contributed by atoms with Crippen molar-refractivity contribution in [2.75, 3.05) is 7.05 Å². The lowest BCUT2D eigenvalue weighted by Gasteiger charge is -2.10. The summed E-state index contributed by atoms with van der Waals surface area (Å²) in [5.41, 5.74) is 3.72. The van der Waals surface area contributed by atoms with Crippen LogP contribution in [0.5, 0.6) is 0 Å². The molecule has 0 saturated heterocycles. The first-order chi connectivity index (χ1) is 11.2. The highest BCUT2D eigenvalue weighted by Gasteiger charge is 2.28. The Kier molecular flexibility index (Phi) is 3.36. The Morgan fingerprint density at radius 2 is 2.13 bits per heavy atom. The smallest absolute Gasteiger partial charge is 0.242 e. The van der Waals surface area contributed by atoms with E-state index in [1.54, 1.807) is 13.1 Å². The number of amides is 1. The van der Waals surface area contributed by atoms with Gasteiger partial charge >= 0.3 is 0 Å². The fourth-order valence-corrected chi connectivity index (χ4v) is 3.81. The highest BCUT2D eigenvalue weighted by Crippen LogP contribution is 2.39.